The van der Waals surface area contributed by atoms with Crippen molar-refractivity contribution in [3.63, 3.8) is 0 Å². The first-order valence-corrected chi connectivity index (χ1v) is 6.52. The summed E-state index contributed by atoms with van der Waals surface area (Å²) in [4.78, 5) is 12.1. The van der Waals surface area contributed by atoms with E-state index in [0.717, 1.165) is 12.1 Å². The maximum absolute atomic E-state index is 12.6. The van der Waals surface area contributed by atoms with Crippen LogP contribution >= 0.6 is 11.3 Å². The average Bonchev–Trinajstić information content (AvgIpc) is 2.88. The predicted molar refractivity (Wildman–Crippen MR) is 71.3 cm³/mol. The van der Waals surface area contributed by atoms with Crippen LogP contribution in [-0.4, -0.2) is 5.91 Å². The van der Waals surface area contributed by atoms with E-state index in [-0.39, 0.29) is 5.69 Å². The van der Waals surface area contributed by atoms with Gasteiger partial charge in [0.05, 0.1) is 5.56 Å². The summed E-state index contributed by atoms with van der Waals surface area (Å²) in [7, 11) is 0. The number of benzene rings is 1. The number of nitrogens with two attached hydrogens (primary N) is 1. The van der Waals surface area contributed by atoms with Crippen molar-refractivity contribution in [1.82, 2.24) is 0 Å². The molecular weight excluding hydrogens is 289 g/mol. The molecule has 0 saturated heterocycles. The van der Waals surface area contributed by atoms with E-state index in [1.54, 1.807) is 17.5 Å². The second-order valence-corrected chi connectivity index (χ2v) is 5.05. The van der Waals surface area contributed by atoms with Crippen LogP contribution in [0.4, 0.5) is 18.9 Å². The number of carbonyl (C=O) groups is 1. The van der Waals surface area contributed by atoms with Crippen molar-refractivity contribution in [2.75, 3.05) is 5.32 Å². The summed E-state index contributed by atoms with van der Waals surface area (Å²) < 4.78 is 37.9. The van der Waals surface area contributed by atoms with Crippen molar-refractivity contribution >= 4 is 22.9 Å². The summed E-state index contributed by atoms with van der Waals surface area (Å²) in [6, 6.07) is 7.23. The lowest BCUT2D eigenvalue weighted by Gasteiger charge is -2.16. The van der Waals surface area contributed by atoms with Gasteiger partial charge in [-0.05, 0) is 29.6 Å². The molecule has 1 unspecified atom stereocenters. The molecule has 2 rings (SSSR count). The third kappa shape index (κ3) is 3.30. The van der Waals surface area contributed by atoms with E-state index in [2.05, 4.69) is 5.32 Å². The van der Waals surface area contributed by atoms with E-state index in [0.29, 0.717) is 4.88 Å². The van der Waals surface area contributed by atoms with Crippen LogP contribution in [0.3, 0.4) is 0 Å². The standard InChI is InChI=1S/C13H11F3N2OS/c14-13(15,16)8-3-1-4-9(7-8)18-11(12(17)19)10-5-2-6-20-10/h1-7,11,18H,(H2,17,19). The minimum absolute atomic E-state index is 0.192. The minimum Gasteiger partial charge on any atom is -0.369 e. The number of thiophene rings is 1. The molecule has 1 amide bonds. The Kier molecular flexibility index (Phi) is 3.99. The molecule has 0 radical (unpaired) electrons. The summed E-state index contributed by atoms with van der Waals surface area (Å²) in [6.07, 6.45) is -4.43. The molecule has 106 valence electrons. The van der Waals surface area contributed by atoms with Crippen LogP contribution in [0.25, 0.3) is 0 Å². The first kappa shape index (κ1) is 14.4. The zero-order chi connectivity index (χ0) is 14.8. The van der Waals surface area contributed by atoms with Gasteiger partial charge in [0, 0.05) is 10.6 Å². The largest absolute Gasteiger partial charge is 0.416 e. The SMILES string of the molecule is NC(=O)C(Nc1cccc(C(F)(F)F)c1)c1cccs1. The average molecular weight is 300 g/mol. The van der Waals surface area contributed by atoms with Gasteiger partial charge in [-0.15, -0.1) is 11.3 Å². The highest BCUT2D eigenvalue weighted by atomic mass is 32.1. The molecule has 1 atom stereocenters. The van der Waals surface area contributed by atoms with Crippen molar-refractivity contribution in [3.8, 4) is 0 Å². The highest BCUT2D eigenvalue weighted by Crippen LogP contribution is 2.32. The maximum Gasteiger partial charge on any atom is 0.416 e. The molecular formula is C13H11F3N2OS. The molecule has 3 N–H and O–H groups in total. The fourth-order valence-electron chi connectivity index (χ4n) is 1.69. The second-order valence-electron chi connectivity index (χ2n) is 4.07. The topological polar surface area (TPSA) is 55.1 Å². The van der Waals surface area contributed by atoms with Crippen molar-refractivity contribution in [1.29, 1.82) is 0 Å². The van der Waals surface area contributed by atoms with E-state index >= 15 is 0 Å². The Morgan fingerprint density at radius 2 is 2.00 bits per heavy atom. The Morgan fingerprint density at radius 1 is 1.25 bits per heavy atom. The van der Waals surface area contributed by atoms with Crippen LogP contribution in [0, 0.1) is 0 Å². The molecule has 2 aromatic rings. The number of rotatable bonds is 4. The monoisotopic (exact) mass is 300 g/mol. The highest BCUT2D eigenvalue weighted by molar-refractivity contribution is 7.10. The Labute approximate surface area is 117 Å². The number of amides is 1. The van der Waals surface area contributed by atoms with Crippen LogP contribution in [0.5, 0.6) is 0 Å². The fourth-order valence-corrected chi connectivity index (χ4v) is 2.47. The van der Waals surface area contributed by atoms with Gasteiger partial charge in [0.15, 0.2) is 0 Å². The van der Waals surface area contributed by atoms with Gasteiger partial charge in [0.1, 0.15) is 6.04 Å². The number of anilines is 1. The number of nitrogens with one attached hydrogen (secondary N) is 1. The zero-order valence-electron chi connectivity index (χ0n) is 10.1. The van der Waals surface area contributed by atoms with Gasteiger partial charge < -0.3 is 11.1 Å². The number of carbonyl (C=O) groups excluding carboxylic acids is 1. The molecule has 3 nitrogen and oxygen atoms in total. The first-order chi connectivity index (χ1) is 9.38. The lowest BCUT2D eigenvalue weighted by molar-refractivity contribution is -0.137. The van der Waals surface area contributed by atoms with Crippen molar-refractivity contribution in [3.05, 3.63) is 52.2 Å². The van der Waals surface area contributed by atoms with Gasteiger partial charge in [-0.1, -0.05) is 12.1 Å². The maximum atomic E-state index is 12.6. The number of hydrogen-bond donors (Lipinski definition) is 2. The van der Waals surface area contributed by atoms with E-state index in [1.165, 1.54) is 23.5 Å². The molecule has 0 spiro atoms. The predicted octanol–water partition coefficient (Wildman–Crippen LogP) is 3.41. The second kappa shape index (κ2) is 5.54. The van der Waals surface area contributed by atoms with Gasteiger partial charge in [0.2, 0.25) is 5.91 Å². The molecule has 1 heterocycles. The van der Waals surface area contributed by atoms with Crippen LogP contribution < -0.4 is 11.1 Å². The number of primary amides is 1. The van der Waals surface area contributed by atoms with Gasteiger partial charge in [-0.25, -0.2) is 0 Å². The van der Waals surface area contributed by atoms with Gasteiger partial charge in [0.25, 0.3) is 0 Å². The van der Waals surface area contributed by atoms with Crippen LogP contribution in [0.1, 0.15) is 16.5 Å². The quantitative estimate of drug-likeness (QED) is 0.909. The normalized spacial score (nSPS) is 12.9. The third-order valence-corrected chi connectivity index (χ3v) is 3.55. The number of alkyl halides is 3. The molecule has 0 aliphatic carbocycles. The van der Waals surface area contributed by atoms with E-state index < -0.39 is 23.7 Å². The molecule has 20 heavy (non-hydrogen) atoms. The molecule has 7 heteroatoms. The van der Waals surface area contributed by atoms with Gasteiger partial charge in [-0.3, -0.25) is 4.79 Å². The van der Waals surface area contributed by atoms with Gasteiger partial charge in [-0.2, -0.15) is 13.2 Å². The molecule has 1 aromatic heterocycles. The smallest absolute Gasteiger partial charge is 0.369 e. The first-order valence-electron chi connectivity index (χ1n) is 5.64. The number of halogens is 3. The van der Waals surface area contributed by atoms with Crippen molar-refractivity contribution < 1.29 is 18.0 Å². The molecule has 0 bridgehead atoms. The summed E-state index contributed by atoms with van der Waals surface area (Å²) in [5, 5.41) is 4.49. The molecule has 1 aromatic carbocycles. The minimum atomic E-state index is -4.43. The third-order valence-electron chi connectivity index (χ3n) is 2.61. The Morgan fingerprint density at radius 3 is 2.55 bits per heavy atom. The lowest BCUT2D eigenvalue weighted by atomic mass is 10.1. The van der Waals surface area contributed by atoms with E-state index in [9.17, 15) is 18.0 Å². The van der Waals surface area contributed by atoms with Crippen LogP contribution in [0.15, 0.2) is 41.8 Å². The Balaban J connectivity index is 2.26. The molecule has 0 fully saturated rings. The molecule has 0 aliphatic rings. The zero-order valence-corrected chi connectivity index (χ0v) is 11.0. The lowest BCUT2D eigenvalue weighted by Crippen LogP contribution is -2.27. The Bertz CT molecular complexity index is 596. The molecule has 0 aliphatic heterocycles. The van der Waals surface area contributed by atoms with Gasteiger partial charge >= 0.3 is 6.18 Å². The van der Waals surface area contributed by atoms with Crippen molar-refractivity contribution in [2.24, 2.45) is 5.73 Å². The summed E-state index contributed by atoms with van der Waals surface area (Å²) in [5.74, 6) is -0.648. The van der Waals surface area contributed by atoms with E-state index in [1.807, 2.05) is 0 Å². The van der Waals surface area contributed by atoms with Crippen molar-refractivity contribution in [2.45, 2.75) is 12.2 Å². The summed E-state index contributed by atoms with van der Waals surface area (Å²) in [5.41, 5.74) is 4.69. The van der Waals surface area contributed by atoms with Crippen LogP contribution in [-0.2, 0) is 11.0 Å². The highest BCUT2D eigenvalue weighted by Gasteiger charge is 2.30. The number of hydrogen-bond acceptors (Lipinski definition) is 3. The van der Waals surface area contributed by atoms with Crippen LogP contribution in [0.2, 0.25) is 0 Å². The molecule has 0 saturated carbocycles. The fraction of sp³-hybridized carbons (Fsp3) is 0.154. The summed E-state index contributed by atoms with van der Waals surface area (Å²) in [6.45, 7) is 0. The Hall–Kier alpha value is -2.02. The van der Waals surface area contributed by atoms with E-state index in [4.69, 9.17) is 5.73 Å². The summed E-state index contributed by atoms with van der Waals surface area (Å²) >= 11 is 1.30.